The summed E-state index contributed by atoms with van der Waals surface area (Å²) in [5.74, 6) is 0. The quantitative estimate of drug-likeness (QED) is 0.247. The molecule has 0 aromatic rings. The molecule has 4 heteroatoms. The van der Waals surface area contributed by atoms with Crippen LogP contribution in [0.4, 0.5) is 0 Å². The summed E-state index contributed by atoms with van der Waals surface area (Å²) in [7, 11) is -0.985. The fourth-order valence-corrected chi connectivity index (χ4v) is 1.90. The smallest absolute Gasteiger partial charge is 0.147 e. The molecule has 0 aromatic heterocycles. The molecule has 0 heterocycles. The highest BCUT2D eigenvalue weighted by Gasteiger charge is 2.12. The molecule has 0 saturated carbocycles. The molecule has 0 spiro atoms. The lowest BCUT2D eigenvalue weighted by molar-refractivity contribution is -0.107. The van der Waals surface area contributed by atoms with Gasteiger partial charge in [0.25, 0.3) is 0 Å². The number of rotatable bonds is 11. The van der Waals surface area contributed by atoms with Gasteiger partial charge in [0.15, 0.2) is 0 Å². The number of hydrogen-bond acceptors (Lipinski definition) is 3. The molecule has 0 bridgehead atoms. The molecule has 0 aromatic carbocycles. The largest absolute Gasteiger partial charge is 0.375 e. The van der Waals surface area contributed by atoms with E-state index in [0.29, 0.717) is 20.0 Å². The highest BCUT2D eigenvalue weighted by Crippen LogP contribution is 2.07. The van der Waals surface area contributed by atoms with Gasteiger partial charge >= 0.3 is 0 Å². The van der Waals surface area contributed by atoms with E-state index in [4.69, 9.17) is 14.2 Å². The lowest BCUT2D eigenvalue weighted by atomic mass is 10.3. The maximum absolute atomic E-state index is 5.59. The van der Waals surface area contributed by atoms with Gasteiger partial charge < -0.3 is 14.2 Å². The minimum absolute atomic E-state index is 0.127. The van der Waals surface area contributed by atoms with Crippen molar-refractivity contribution in [1.29, 1.82) is 0 Å². The van der Waals surface area contributed by atoms with Crippen molar-refractivity contribution >= 4 is 8.07 Å². The lowest BCUT2D eigenvalue weighted by Gasteiger charge is -2.18. The van der Waals surface area contributed by atoms with E-state index >= 15 is 0 Å². The third-order valence-electron chi connectivity index (χ3n) is 2.38. The Labute approximate surface area is 107 Å². The first-order valence-electron chi connectivity index (χ1n) is 6.37. The summed E-state index contributed by atoms with van der Waals surface area (Å²) < 4.78 is 16.4. The third-order valence-corrected chi connectivity index (χ3v) is 4.08. The Kier molecular flexibility index (Phi) is 9.73. The zero-order valence-corrected chi connectivity index (χ0v) is 12.8. The normalized spacial score (nSPS) is 13.6. The number of ether oxygens (including phenoxy) is 3. The Bertz CT molecular complexity index is 190. The summed E-state index contributed by atoms with van der Waals surface area (Å²) in [6.07, 6.45) is 2.81. The predicted molar refractivity (Wildman–Crippen MR) is 75.2 cm³/mol. The molecular formula is C13H28O3Si. The first-order chi connectivity index (χ1) is 7.99. The van der Waals surface area contributed by atoms with Gasteiger partial charge in [0.1, 0.15) is 6.79 Å². The average molecular weight is 260 g/mol. The molecule has 0 aliphatic heterocycles. The summed E-state index contributed by atoms with van der Waals surface area (Å²) in [6, 6.07) is 1.18. The minimum Gasteiger partial charge on any atom is -0.375 e. The Morgan fingerprint density at radius 1 is 1.24 bits per heavy atom. The van der Waals surface area contributed by atoms with Crippen LogP contribution < -0.4 is 0 Å². The highest BCUT2D eigenvalue weighted by atomic mass is 28.3. The molecule has 0 N–H and O–H groups in total. The van der Waals surface area contributed by atoms with Gasteiger partial charge in [-0.05, 0) is 12.5 Å². The molecule has 0 radical (unpaired) electrons. The predicted octanol–water partition coefficient (Wildman–Crippen LogP) is 3.30. The second-order valence-electron chi connectivity index (χ2n) is 5.36. The topological polar surface area (TPSA) is 27.7 Å². The molecule has 3 nitrogen and oxygen atoms in total. The maximum atomic E-state index is 5.59. The molecule has 1 unspecified atom stereocenters. The van der Waals surface area contributed by atoms with Crippen molar-refractivity contribution in [3.8, 4) is 0 Å². The fraction of sp³-hybridized carbons (Fsp3) is 0.846. The van der Waals surface area contributed by atoms with E-state index in [0.717, 1.165) is 13.0 Å². The molecule has 0 amide bonds. The van der Waals surface area contributed by atoms with Crippen molar-refractivity contribution < 1.29 is 14.2 Å². The monoisotopic (exact) mass is 260 g/mol. The van der Waals surface area contributed by atoms with Crippen molar-refractivity contribution in [2.75, 3.05) is 26.6 Å². The van der Waals surface area contributed by atoms with Crippen molar-refractivity contribution in [3.05, 3.63) is 12.7 Å². The molecule has 0 saturated heterocycles. The summed E-state index contributed by atoms with van der Waals surface area (Å²) in [5.41, 5.74) is 0. The number of hydrogen-bond donors (Lipinski definition) is 0. The van der Waals surface area contributed by atoms with Crippen molar-refractivity contribution in [2.45, 2.75) is 45.1 Å². The fourth-order valence-electron chi connectivity index (χ4n) is 1.15. The van der Waals surface area contributed by atoms with Gasteiger partial charge in [0.2, 0.25) is 0 Å². The molecule has 1 atom stereocenters. The first kappa shape index (κ1) is 16.8. The van der Waals surface area contributed by atoms with Crippen molar-refractivity contribution in [1.82, 2.24) is 0 Å². The van der Waals surface area contributed by atoms with Crippen LogP contribution in [-0.4, -0.2) is 40.8 Å². The second kappa shape index (κ2) is 9.83. The van der Waals surface area contributed by atoms with Crippen LogP contribution in [0, 0.1) is 0 Å². The van der Waals surface area contributed by atoms with E-state index in [2.05, 4.69) is 33.1 Å². The average Bonchev–Trinajstić information content (AvgIpc) is 2.25. The first-order valence-corrected chi connectivity index (χ1v) is 10.1. The Hall–Kier alpha value is -0.163. The van der Waals surface area contributed by atoms with Crippen LogP contribution in [0.25, 0.3) is 0 Å². The molecule has 0 rings (SSSR count). The SMILES string of the molecule is C=CCOCC(CC)OCOCC[Si](C)(C)C. The zero-order valence-electron chi connectivity index (χ0n) is 11.8. The van der Waals surface area contributed by atoms with E-state index in [9.17, 15) is 0 Å². The van der Waals surface area contributed by atoms with Crippen LogP contribution in [0.3, 0.4) is 0 Å². The summed E-state index contributed by atoms with van der Waals surface area (Å²) in [4.78, 5) is 0. The van der Waals surface area contributed by atoms with Gasteiger partial charge in [-0.2, -0.15) is 0 Å². The van der Waals surface area contributed by atoms with Gasteiger partial charge in [-0.15, -0.1) is 6.58 Å². The van der Waals surface area contributed by atoms with E-state index in [1.54, 1.807) is 6.08 Å². The molecular weight excluding hydrogens is 232 g/mol. The Morgan fingerprint density at radius 3 is 2.47 bits per heavy atom. The van der Waals surface area contributed by atoms with Crippen LogP contribution >= 0.6 is 0 Å². The van der Waals surface area contributed by atoms with E-state index in [1.807, 2.05) is 0 Å². The minimum atomic E-state index is -0.985. The van der Waals surface area contributed by atoms with E-state index in [1.165, 1.54) is 6.04 Å². The lowest BCUT2D eigenvalue weighted by Crippen LogP contribution is -2.24. The van der Waals surface area contributed by atoms with Crippen LogP contribution in [0.15, 0.2) is 12.7 Å². The standard InChI is InChI=1S/C13H28O3Si/c1-6-8-14-11-13(7-2)16-12-15-9-10-17(3,4)5/h6,13H,1,7-12H2,2-5H3. The summed E-state index contributed by atoms with van der Waals surface area (Å²) in [5, 5.41) is 0. The van der Waals surface area contributed by atoms with Crippen LogP contribution in [0.5, 0.6) is 0 Å². The molecule has 0 aliphatic rings. The van der Waals surface area contributed by atoms with Gasteiger partial charge in [-0.25, -0.2) is 0 Å². The Balaban J connectivity index is 3.46. The molecule has 17 heavy (non-hydrogen) atoms. The molecule has 0 fully saturated rings. The van der Waals surface area contributed by atoms with Crippen molar-refractivity contribution in [3.63, 3.8) is 0 Å². The van der Waals surface area contributed by atoms with Crippen LogP contribution in [0.1, 0.15) is 13.3 Å². The highest BCUT2D eigenvalue weighted by molar-refractivity contribution is 6.76. The van der Waals surface area contributed by atoms with Gasteiger partial charge in [-0.3, -0.25) is 0 Å². The van der Waals surface area contributed by atoms with Crippen LogP contribution in [-0.2, 0) is 14.2 Å². The van der Waals surface area contributed by atoms with Crippen LogP contribution in [0.2, 0.25) is 25.7 Å². The zero-order chi connectivity index (χ0) is 13.1. The van der Waals surface area contributed by atoms with Gasteiger partial charge in [0, 0.05) is 14.7 Å². The second-order valence-corrected chi connectivity index (χ2v) is 11.0. The van der Waals surface area contributed by atoms with E-state index in [-0.39, 0.29) is 6.10 Å². The van der Waals surface area contributed by atoms with E-state index < -0.39 is 8.07 Å². The van der Waals surface area contributed by atoms with Gasteiger partial charge in [-0.1, -0.05) is 32.6 Å². The summed E-state index contributed by atoms with van der Waals surface area (Å²) in [6.45, 7) is 15.1. The van der Waals surface area contributed by atoms with Gasteiger partial charge in [0.05, 0.1) is 19.3 Å². The van der Waals surface area contributed by atoms with Crippen molar-refractivity contribution in [2.24, 2.45) is 0 Å². The molecule has 102 valence electrons. The summed E-state index contributed by atoms with van der Waals surface area (Å²) >= 11 is 0. The third kappa shape index (κ3) is 12.1. The molecule has 0 aliphatic carbocycles. The Morgan fingerprint density at radius 2 is 1.94 bits per heavy atom. The maximum Gasteiger partial charge on any atom is 0.147 e.